The Bertz CT molecular complexity index is 1720. The summed E-state index contributed by atoms with van der Waals surface area (Å²) in [7, 11) is 1.57. The molecule has 43 heavy (non-hydrogen) atoms. The number of aryl methyl sites for hydroxylation is 2. The zero-order chi connectivity index (χ0) is 30.3. The van der Waals surface area contributed by atoms with Gasteiger partial charge in [-0.05, 0) is 92.2 Å². The molecule has 0 saturated heterocycles. The fraction of sp³-hybridized carbons (Fsp3) is 0.152. The Hall–Kier alpha value is -4.28. The molecule has 1 amide bonds. The number of carbonyl (C=O) groups is 1. The van der Waals surface area contributed by atoms with E-state index in [1.807, 2.05) is 54.6 Å². The second-order valence-corrected chi connectivity index (χ2v) is 11.5. The van der Waals surface area contributed by atoms with Crippen LogP contribution in [0.1, 0.15) is 38.8 Å². The van der Waals surface area contributed by atoms with Gasteiger partial charge in [0.25, 0.3) is 0 Å². The number of nitrogens with zero attached hydrogens (tertiary/aromatic N) is 2. The van der Waals surface area contributed by atoms with Gasteiger partial charge in [0.05, 0.1) is 13.3 Å². The van der Waals surface area contributed by atoms with Gasteiger partial charge >= 0.3 is 5.91 Å². The third-order valence-corrected chi connectivity index (χ3v) is 7.55. The highest BCUT2D eigenvalue weighted by Gasteiger charge is 2.14. The summed E-state index contributed by atoms with van der Waals surface area (Å²) in [5.41, 5.74) is 7.50. The number of methoxy groups -OCH3 is 1. The number of hydrogen-bond acceptors (Lipinski definition) is 6. The number of aromatic nitrogens is 1. The van der Waals surface area contributed by atoms with Gasteiger partial charge in [-0.1, -0.05) is 44.0 Å². The summed E-state index contributed by atoms with van der Waals surface area (Å²) in [6, 6.07) is 26.8. The van der Waals surface area contributed by atoms with Gasteiger partial charge in [0.2, 0.25) is 0 Å². The molecule has 3 aromatic carbocycles. The average molecular weight is 707 g/mol. The summed E-state index contributed by atoms with van der Waals surface area (Å²) in [6.07, 6.45) is 1.50. The first-order chi connectivity index (χ1) is 20.8. The van der Waals surface area contributed by atoms with Crippen molar-refractivity contribution >= 4 is 44.0 Å². The molecule has 10 heteroatoms. The molecule has 0 unspecified atom stereocenters. The predicted octanol–water partition coefficient (Wildman–Crippen LogP) is 8.14. The lowest BCUT2D eigenvalue weighted by molar-refractivity contribution is 0.0923. The Morgan fingerprint density at radius 1 is 0.884 bits per heavy atom. The Balaban J connectivity index is 1.19. The number of benzene rings is 3. The van der Waals surface area contributed by atoms with Crippen molar-refractivity contribution in [1.29, 1.82) is 0 Å². The van der Waals surface area contributed by atoms with E-state index in [0.717, 1.165) is 20.2 Å². The number of amides is 1. The minimum atomic E-state index is -0.497. The fourth-order valence-corrected chi connectivity index (χ4v) is 5.16. The zero-order valence-electron chi connectivity index (χ0n) is 23.8. The molecule has 8 nitrogen and oxygen atoms in total. The first-order valence-electron chi connectivity index (χ1n) is 13.4. The lowest BCUT2D eigenvalue weighted by Gasteiger charge is -2.14. The smallest absolute Gasteiger partial charge is 0.307 e. The number of ether oxygens (including phenoxy) is 3. The number of hydrazone groups is 1. The summed E-state index contributed by atoms with van der Waals surface area (Å²) in [6.45, 7) is 4.65. The van der Waals surface area contributed by atoms with Crippen LogP contribution in [-0.4, -0.2) is 23.8 Å². The molecule has 2 aromatic heterocycles. The molecule has 0 aliphatic carbocycles. The molecule has 2 heterocycles. The minimum absolute atomic E-state index is 0.114. The van der Waals surface area contributed by atoms with Crippen molar-refractivity contribution < 1.29 is 23.4 Å². The van der Waals surface area contributed by atoms with Gasteiger partial charge < -0.3 is 23.2 Å². The van der Waals surface area contributed by atoms with E-state index < -0.39 is 5.91 Å². The maximum Gasteiger partial charge on any atom is 0.307 e. The molecule has 5 aromatic rings. The highest BCUT2D eigenvalue weighted by atomic mass is 79.9. The van der Waals surface area contributed by atoms with Crippen molar-refractivity contribution in [3.05, 3.63) is 128 Å². The molecule has 5 rings (SSSR count). The monoisotopic (exact) mass is 705 g/mol. The molecule has 0 radical (unpaired) electrons. The van der Waals surface area contributed by atoms with Crippen LogP contribution < -0.4 is 19.6 Å². The van der Waals surface area contributed by atoms with Crippen molar-refractivity contribution in [3.63, 3.8) is 0 Å². The van der Waals surface area contributed by atoms with Crippen molar-refractivity contribution in [2.24, 2.45) is 5.10 Å². The average Bonchev–Trinajstić information content (AvgIpc) is 3.62. The largest absolute Gasteiger partial charge is 0.493 e. The van der Waals surface area contributed by atoms with Gasteiger partial charge in [-0.25, -0.2) is 5.43 Å². The summed E-state index contributed by atoms with van der Waals surface area (Å²) < 4.78 is 27.1. The summed E-state index contributed by atoms with van der Waals surface area (Å²) >= 11 is 6.92. The number of carbonyl (C=O) groups excluding carboxylic acids is 1. The molecule has 220 valence electrons. The molecule has 0 aliphatic heterocycles. The third-order valence-electron chi connectivity index (χ3n) is 6.57. The summed E-state index contributed by atoms with van der Waals surface area (Å²) in [5, 5.41) is 4.13. The van der Waals surface area contributed by atoms with Crippen LogP contribution in [-0.2, 0) is 13.2 Å². The SMILES string of the molecule is COc1cc(Br)cc(C=NNC(=O)c2ccc(COc3ccc(-n4c(C)ccc4C)cc3)o2)c1OCc1ccc(Br)cc1. The van der Waals surface area contributed by atoms with Gasteiger partial charge in [0.15, 0.2) is 17.3 Å². The van der Waals surface area contributed by atoms with Crippen LogP contribution in [0.15, 0.2) is 103 Å². The molecule has 0 atom stereocenters. The third kappa shape index (κ3) is 7.57. The van der Waals surface area contributed by atoms with E-state index in [1.165, 1.54) is 17.6 Å². The second kappa shape index (κ2) is 13.8. The summed E-state index contributed by atoms with van der Waals surface area (Å²) in [4.78, 5) is 12.7. The molecular formula is C33H29Br2N3O5. The van der Waals surface area contributed by atoms with E-state index in [9.17, 15) is 4.79 Å². The Morgan fingerprint density at radius 3 is 2.30 bits per heavy atom. The summed E-state index contributed by atoms with van der Waals surface area (Å²) in [5.74, 6) is 1.85. The van der Waals surface area contributed by atoms with Gasteiger partial charge in [0.1, 0.15) is 24.7 Å². The Labute approximate surface area is 266 Å². The van der Waals surface area contributed by atoms with E-state index in [-0.39, 0.29) is 12.4 Å². The van der Waals surface area contributed by atoms with Gasteiger partial charge in [-0.15, -0.1) is 0 Å². The van der Waals surface area contributed by atoms with Crippen LogP contribution in [0.2, 0.25) is 0 Å². The standard InChI is InChI=1S/C33H29Br2N3O5/c1-21-4-5-22(2)38(21)27-10-12-28(13-11-27)41-20-29-14-15-30(43-29)33(39)37-36-18-24-16-26(35)17-31(40-3)32(24)42-19-23-6-8-25(34)9-7-23/h4-18H,19-20H2,1-3H3,(H,37,39). The number of furan rings is 1. The quantitative estimate of drug-likeness (QED) is 0.111. The number of nitrogens with one attached hydrogen (secondary N) is 1. The second-order valence-electron chi connectivity index (χ2n) is 9.64. The van der Waals surface area contributed by atoms with Crippen LogP contribution >= 0.6 is 31.9 Å². The van der Waals surface area contributed by atoms with Crippen molar-refractivity contribution in [2.45, 2.75) is 27.1 Å². The van der Waals surface area contributed by atoms with E-state index in [4.69, 9.17) is 18.6 Å². The van der Waals surface area contributed by atoms with Crippen molar-refractivity contribution in [2.75, 3.05) is 7.11 Å². The number of hydrogen-bond donors (Lipinski definition) is 1. The lowest BCUT2D eigenvalue weighted by Crippen LogP contribution is -2.17. The lowest BCUT2D eigenvalue weighted by atomic mass is 10.2. The predicted molar refractivity (Wildman–Crippen MR) is 173 cm³/mol. The van der Waals surface area contributed by atoms with E-state index in [0.29, 0.717) is 35.2 Å². The number of rotatable bonds is 11. The van der Waals surface area contributed by atoms with Crippen LogP contribution in [0.5, 0.6) is 17.2 Å². The maximum absolute atomic E-state index is 12.7. The van der Waals surface area contributed by atoms with E-state index in [1.54, 1.807) is 25.3 Å². The Morgan fingerprint density at radius 2 is 1.60 bits per heavy atom. The van der Waals surface area contributed by atoms with Gasteiger partial charge in [-0.2, -0.15) is 5.10 Å². The highest BCUT2D eigenvalue weighted by molar-refractivity contribution is 9.10. The van der Waals surface area contributed by atoms with E-state index >= 15 is 0 Å². The molecule has 0 aliphatic rings. The molecule has 0 bridgehead atoms. The van der Waals surface area contributed by atoms with Crippen LogP contribution in [0.25, 0.3) is 5.69 Å². The van der Waals surface area contributed by atoms with Crippen LogP contribution in [0.3, 0.4) is 0 Å². The fourth-order valence-electron chi connectivity index (χ4n) is 4.44. The van der Waals surface area contributed by atoms with Gasteiger partial charge in [-0.3, -0.25) is 4.79 Å². The molecule has 0 spiro atoms. The molecule has 0 fully saturated rings. The van der Waals surface area contributed by atoms with Crippen LogP contribution in [0.4, 0.5) is 0 Å². The van der Waals surface area contributed by atoms with Crippen molar-refractivity contribution in [1.82, 2.24) is 9.99 Å². The normalized spacial score (nSPS) is 11.1. The first kappa shape index (κ1) is 30.2. The van der Waals surface area contributed by atoms with Crippen LogP contribution in [0, 0.1) is 13.8 Å². The van der Waals surface area contributed by atoms with Crippen molar-refractivity contribution in [3.8, 4) is 22.9 Å². The molecule has 1 N–H and O–H groups in total. The van der Waals surface area contributed by atoms with Gasteiger partial charge in [0, 0.05) is 31.6 Å². The zero-order valence-corrected chi connectivity index (χ0v) is 26.9. The Kier molecular flexibility index (Phi) is 9.68. The topological polar surface area (TPSA) is 87.2 Å². The maximum atomic E-state index is 12.7. The first-order valence-corrected chi connectivity index (χ1v) is 14.9. The molecular weight excluding hydrogens is 678 g/mol. The number of halogens is 2. The minimum Gasteiger partial charge on any atom is -0.493 e. The van der Waals surface area contributed by atoms with E-state index in [2.05, 4.69) is 72.9 Å². The molecule has 0 saturated carbocycles. The highest BCUT2D eigenvalue weighted by Crippen LogP contribution is 2.34.